The highest BCUT2D eigenvalue weighted by Crippen LogP contribution is 2.17. The van der Waals surface area contributed by atoms with Crippen molar-refractivity contribution in [2.75, 3.05) is 19.0 Å². The zero-order valence-corrected chi connectivity index (χ0v) is 20.2. The smallest absolute Gasteiger partial charge is 0.278 e. The third-order valence-electron chi connectivity index (χ3n) is 5.43. The van der Waals surface area contributed by atoms with E-state index in [1.165, 1.54) is 5.56 Å². The second-order valence-corrected chi connectivity index (χ2v) is 8.18. The van der Waals surface area contributed by atoms with E-state index in [9.17, 15) is 9.59 Å². The molecular weight excluding hydrogens is 454 g/mol. The van der Waals surface area contributed by atoms with Gasteiger partial charge in [-0.05, 0) is 61.0 Å². The van der Waals surface area contributed by atoms with Gasteiger partial charge in [0.1, 0.15) is 17.0 Å². The van der Waals surface area contributed by atoms with Gasteiger partial charge < -0.3 is 19.4 Å². The molecule has 1 aromatic heterocycles. The Balaban J connectivity index is 1.38. The lowest BCUT2D eigenvalue weighted by Gasteiger charge is -2.09. The summed E-state index contributed by atoms with van der Waals surface area (Å²) in [7, 11) is 1.56. The number of benzene rings is 3. The summed E-state index contributed by atoms with van der Waals surface area (Å²) in [5, 5.41) is 2.75. The number of amides is 2. The van der Waals surface area contributed by atoms with Gasteiger partial charge in [0.05, 0.1) is 7.11 Å². The Hall–Kier alpha value is -4.65. The fourth-order valence-corrected chi connectivity index (χ4v) is 3.50. The minimum Gasteiger partial charge on any atom is -0.497 e. The second-order valence-electron chi connectivity index (χ2n) is 8.18. The highest BCUT2D eigenvalue weighted by Gasteiger charge is 2.08. The Morgan fingerprint density at radius 3 is 2.42 bits per heavy atom. The third kappa shape index (κ3) is 6.70. The number of carbonyl (C=O) groups is 2. The Morgan fingerprint density at radius 1 is 0.889 bits per heavy atom. The number of carbonyl (C=O) groups excluding carboxylic acids is 2. The van der Waals surface area contributed by atoms with Gasteiger partial charge in [-0.3, -0.25) is 9.59 Å². The molecule has 2 amide bonds. The van der Waals surface area contributed by atoms with Gasteiger partial charge in [-0.25, -0.2) is 0 Å². The first-order valence-corrected chi connectivity index (χ1v) is 11.5. The predicted octanol–water partition coefficient (Wildman–Crippen LogP) is 4.61. The molecule has 0 saturated heterocycles. The van der Waals surface area contributed by atoms with Crippen molar-refractivity contribution in [2.45, 2.75) is 13.5 Å². The number of methoxy groups -OCH3 is 1. The second kappa shape index (κ2) is 11.7. The molecule has 0 aliphatic rings. The quantitative estimate of drug-likeness (QED) is 0.398. The molecule has 0 aliphatic carbocycles. The molecule has 36 heavy (non-hydrogen) atoms. The fraction of sp³-hybridized carbons (Fsp3) is 0.138. The van der Waals surface area contributed by atoms with Crippen LogP contribution >= 0.6 is 0 Å². The molecule has 1 N–H and O–H groups in total. The van der Waals surface area contributed by atoms with E-state index < -0.39 is 0 Å². The standard InChI is InChI=1S/C29H27N3O4/c1-21-9-11-22(12-10-21)19-32-17-4-3-8-27(32)31-29(34)23-13-15-25(16-14-23)36-20-28(33)30-24-6-5-7-26(18-24)35-2/h3-18H,19-20H2,1-2H3,(H,30,33). The highest BCUT2D eigenvalue weighted by molar-refractivity contribution is 5.95. The number of ether oxygens (including phenoxy) is 2. The average molecular weight is 482 g/mol. The van der Waals surface area contributed by atoms with Gasteiger partial charge in [-0.15, -0.1) is 0 Å². The first kappa shape index (κ1) is 24.5. The zero-order valence-electron chi connectivity index (χ0n) is 20.2. The molecule has 3 aromatic carbocycles. The Morgan fingerprint density at radius 2 is 1.67 bits per heavy atom. The summed E-state index contributed by atoms with van der Waals surface area (Å²) < 4.78 is 12.6. The van der Waals surface area contributed by atoms with Crippen molar-refractivity contribution in [3.63, 3.8) is 0 Å². The van der Waals surface area contributed by atoms with E-state index in [4.69, 9.17) is 9.47 Å². The van der Waals surface area contributed by atoms with Gasteiger partial charge in [0.2, 0.25) is 0 Å². The van der Waals surface area contributed by atoms with Gasteiger partial charge in [-0.1, -0.05) is 42.0 Å². The molecule has 0 aliphatic heterocycles. The van der Waals surface area contributed by atoms with E-state index >= 15 is 0 Å². The number of pyridine rings is 1. The molecule has 0 fully saturated rings. The Bertz CT molecular complexity index is 1410. The lowest BCUT2D eigenvalue weighted by atomic mass is 10.1. The number of nitrogens with zero attached hydrogens (tertiary/aromatic N) is 2. The van der Waals surface area contributed by atoms with Crippen LogP contribution in [0, 0.1) is 6.92 Å². The van der Waals surface area contributed by atoms with Crippen LogP contribution in [0.25, 0.3) is 0 Å². The van der Waals surface area contributed by atoms with Crippen LogP contribution in [0.15, 0.2) is 102 Å². The normalized spacial score (nSPS) is 11.1. The van der Waals surface area contributed by atoms with Crippen molar-refractivity contribution in [2.24, 2.45) is 4.99 Å². The van der Waals surface area contributed by atoms with E-state index in [0.717, 1.165) is 5.56 Å². The lowest BCUT2D eigenvalue weighted by molar-refractivity contribution is -0.118. The lowest BCUT2D eigenvalue weighted by Crippen LogP contribution is -2.22. The largest absolute Gasteiger partial charge is 0.497 e. The third-order valence-corrected chi connectivity index (χ3v) is 5.43. The minimum atomic E-state index is -0.360. The molecule has 4 rings (SSSR count). The van der Waals surface area contributed by atoms with Gasteiger partial charge >= 0.3 is 0 Å². The van der Waals surface area contributed by atoms with Crippen LogP contribution in [0.3, 0.4) is 0 Å². The van der Waals surface area contributed by atoms with E-state index in [2.05, 4.69) is 34.6 Å². The molecule has 182 valence electrons. The van der Waals surface area contributed by atoms with Gasteiger partial charge in [-0.2, -0.15) is 4.99 Å². The number of nitrogens with one attached hydrogen (secondary N) is 1. The van der Waals surface area contributed by atoms with Crippen LogP contribution in [0.4, 0.5) is 5.69 Å². The van der Waals surface area contributed by atoms with Gasteiger partial charge in [0.15, 0.2) is 6.61 Å². The first-order chi connectivity index (χ1) is 17.5. The molecule has 0 spiro atoms. The van der Waals surface area contributed by atoms with Crippen molar-refractivity contribution < 1.29 is 19.1 Å². The number of aromatic nitrogens is 1. The molecule has 0 saturated carbocycles. The van der Waals surface area contributed by atoms with Crippen molar-refractivity contribution in [1.29, 1.82) is 0 Å². The zero-order chi connectivity index (χ0) is 25.3. The molecule has 1 heterocycles. The average Bonchev–Trinajstić information content (AvgIpc) is 2.90. The summed E-state index contributed by atoms with van der Waals surface area (Å²) in [5.74, 6) is 0.457. The maximum absolute atomic E-state index is 12.8. The summed E-state index contributed by atoms with van der Waals surface area (Å²) in [4.78, 5) is 29.3. The van der Waals surface area contributed by atoms with E-state index in [0.29, 0.717) is 34.8 Å². The summed E-state index contributed by atoms with van der Waals surface area (Å²) in [5.41, 5.74) is 3.93. The topological polar surface area (TPSA) is 81.9 Å². The number of rotatable bonds is 8. The molecule has 7 heteroatoms. The highest BCUT2D eigenvalue weighted by atomic mass is 16.5. The van der Waals surface area contributed by atoms with Crippen LogP contribution < -0.4 is 20.3 Å². The predicted molar refractivity (Wildman–Crippen MR) is 138 cm³/mol. The molecule has 0 bridgehead atoms. The van der Waals surface area contributed by atoms with Crippen LogP contribution in [0.1, 0.15) is 21.5 Å². The molecular formula is C29H27N3O4. The van der Waals surface area contributed by atoms with Gasteiger partial charge in [0, 0.05) is 30.1 Å². The van der Waals surface area contributed by atoms with Crippen LogP contribution in [0.2, 0.25) is 0 Å². The number of anilines is 1. The van der Waals surface area contributed by atoms with Crippen LogP contribution in [-0.2, 0) is 11.3 Å². The van der Waals surface area contributed by atoms with Crippen LogP contribution in [0.5, 0.6) is 11.5 Å². The van der Waals surface area contributed by atoms with Crippen molar-refractivity contribution in [1.82, 2.24) is 4.57 Å². The summed E-state index contributed by atoms with van der Waals surface area (Å²) in [6.45, 7) is 2.49. The number of aryl methyl sites for hydroxylation is 1. The van der Waals surface area contributed by atoms with Crippen LogP contribution in [-0.4, -0.2) is 30.1 Å². The van der Waals surface area contributed by atoms with Crippen molar-refractivity contribution >= 4 is 17.5 Å². The van der Waals surface area contributed by atoms with E-state index in [1.807, 2.05) is 35.9 Å². The number of hydrogen-bond donors (Lipinski definition) is 1. The fourth-order valence-electron chi connectivity index (χ4n) is 3.50. The summed E-state index contributed by atoms with van der Waals surface area (Å²) in [6.07, 6.45) is 1.90. The van der Waals surface area contributed by atoms with E-state index in [1.54, 1.807) is 55.6 Å². The van der Waals surface area contributed by atoms with Crippen molar-refractivity contribution in [3.8, 4) is 11.5 Å². The molecule has 4 aromatic rings. The maximum Gasteiger partial charge on any atom is 0.278 e. The molecule has 0 atom stereocenters. The minimum absolute atomic E-state index is 0.169. The molecule has 0 unspecified atom stereocenters. The first-order valence-electron chi connectivity index (χ1n) is 11.5. The Kier molecular flexibility index (Phi) is 7.93. The SMILES string of the molecule is COc1cccc(NC(=O)COc2ccc(C(=O)N=c3ccccn3Cc3ccc(C)cc3)cc2)c1. The summed E-state index contributed by atoms with van der Waals surface area (Å²) in [6, 6.07) is 27.5. The van der Waals surface area contributed by atoms with E-state index in [-0.39, 0.29) is 18.4 Å². The Labute approximate surface area is 209 Å². The maximum atomic E-state index is 12.8. The monoisotopic (exact) mass is 481 g/mol. The van der Waals surface area contributed by atoms with Crippen molar-refractivity contribution in [3.05, 3.63) is 119 Å². The van der Waals surface area contributed by atoms with Gasteiger partial charge in [0.25, 0.3) is 11.8 Å². The number of hydrogen-bond acceptors (Lipinski definition) is 4. The molecule has 0 radical (unpaired) electrons. The molecule has 7 nitrogen and oxygen atoms in total. The summed E-state index contributed by atoms with van der Waals surface area (Å²) >= 11 is 0.